The van der Waals surface area contributed by atoms with E-state index < -0.39 is 0 Å². The van der Waals surface area contributed by atoms with Gasteiger partial charge in [0, 0.05) is 16.5 Å². The van der Waals surface area contributed by atoms with Crippen molar-refractivity contribution in [3.8, 4) is 5.69 Å². The minimum atomic E-state index is 1.13. The number of nitrogens with zero attached hydrogens (tertiary/aromatic N) is 1. The van der Waals surface area contributed by atoms with Gasteiger partial charge in [-0.25, -0.2) is 0 Å². The lowest BCUT2D eigenvalue weighted by Gasteiger charge is -2.10. The molecule has 0 aliphatic rings. The normalized spacial score (nSPS) is 11.7. The lowest BCUT2D eigenvalue weighted by molar-refractivity contribution is 0.747. The standard InChI is InChI=1S/C28H29N/c1-4-5-6-7-8-9-10-23-13-15-24(16-14-23)29-27-19-21(2)11-17-25(27)26-18-12-22(3)20-28(26)29/h4-6,11-20H,1,7-10H2,2-3H3/b6-5+. The van der Waals surface area contributed by atoms with Crippen LogP contribution >= 0.6 is 0 Å². The van der Waals surface area contributed by atoms with Gasteiger partial charge in [-0.05, 0) is 80.5 Å². The Hall–Kier alpha value is -3.06. The van der Waals surface area contributed by atoms with E-state index in [1.54, 1.807) is 0 Å². The van der Waals surface area contributed by atoms with Gasteiger partial charge in [0.05, 0.1) is 11.0 Å². The van der Waals surface area contributed by atoms with Crippen molar-refractivity contribution >= 4 is 21.8 Å². The van der Waals surface area contributed by atoms with Crippen molar-refractivity contribution in [3.05, 3.63) is 102 Å². The molecule has 0 aliphatic carbocycles. The van der Waals surface area contributed by atoms with Crippen LogP contribution in [0.5, 0.6) is 0 Å². The van der Waals surface area contributed by atoms with Gasteiger partial charge in [-0.3, -0.25) is 0 Å². The highest BCUT2D eigenvalue weighted by molar-refractivity contribution is 6.09. The van der Waals surface area contributed by atoms with E-state index in [1.807, 2.05) is 12.2 Å². The van der Waals surface area contributed by atoms with Crippen LogP contribution in [0.1, 0.15) is 36.0 Å². The summed E-state index contributed by atoms with van der Waals surface area (Å²) in [4.78, 5) is 0. The average Bonchev–Trinajstić information content (AvgIpc) is 3.03. The maximum atomic E-state index is 3.71. The summed E-state index contributed by atoms with van der Waals surface area (Å²) < 4.78 is 2.41. The van der Waals surface area contributed by atoms with Crippen molar-refractivity contribution < 1.29 is 0 Å². The Morgan fingerprint density at radius 2 is 1.41 bits per heavy atom. The van der Waals surface area contributed by atoms with Crippen LogP contribution in [0.3, 0.4) is 0 Å². The Bertz CT molecular complexity index is 1110. The van der Waals surface area contributed by atoms with Crippen LogP contribution in [0.25, 0.3) is 27.5 Å². The summed E-state index contributed by atoms with van der Waals surface area (Å²) in [5, 5.41) is 2.64. The van der Waals surface area contributed by atoms with Crippen LogP contribution in [0, 0.1) is 13.8 Å². The number of aromatic nitrogens is 1. The van der Waals surface area contributed by atoms with E-state index in [4.69, 9.17) is 0 Å². The van der Waals surface area contributed by atoms with Gasteiger partial charge >= 0.3 is 0 Å². The lowest BCUT2D eigenvalue weighted by atomic mass is 10.1. The number of unbranched alkanes of at least 4 members (excludes halogenated alkanes) is 2. The first kappa shape index (κ1) is 19.3. The summed E-state index contributed by atoms with van der Waals surface area (Å²) >= 11 is 0. The number of allylic oxidation sites excluding steroid dienone is 3. The second-order valence-electron chi connectivity index (χ2n) is 7.95. The number of benzene rings is 3. The fourth-order valence-electron chi connectivity index (χ4n) is 4.11. The van der Waals surface area contributed by atoms with Crippen molar-refractivity contribution in [1.82, 2.24) is 4.57 Å². The second kappa shape index (κ2) is 8.53. The molecule has 0 fully saturated rings. The van der Waals surface area contributed by atoms with E-state index >= 15 is 0 Å². The molecule has 0 N–H and O–H groups in total. The van der Waals surface area contributed by atoms with Gasteiger partial charge in [0.25, 0.3) is 0 Å². The van der Waals surface area contributed by atoms with E-state index in [2.05, 4.69) is 91.7 Å². The van der Waals surface area contributed by atoms with Crippen molar-refractivity contribution in [1.29, 1.82) is 0 Å². The highest BCUT2D eigenvalue weighted by Crippen LogP contribution is 2.33. The monoisotopic (exact) mass is 379 g/mol. The summed E-state index contributed by atoms with van der Waals surface area (Å²) in [7, 11) is 0. The first-order valence-electron chi connectivity index (χ1n) is 10.6. The largest absolute Gasteiger partial charge is 0.309 e. The fourth-order valence-corrected chi connectivity index (χ4v) is 4.11. The number of rotatable bonds is 7. The van der Waals surface area contributed by atoms with E-state index in [9.17, 15) is 0 Å². The predicted octanol–water partition coefficient (Wildman–Crippen LogP) is 7.86. The zero-order valence-corrected chi connectivity index (χ0v) is 17.5. The molecule has 3 aromatic carbocycles. The molecule has 4 aromatic rings. The smallest absolute Gasteiger partial charge is 0.0543 e. The van der Waals surface area contributed by atoms with Gasteiger partial charge in [0.15, 0.2) is 0 Å². The average molecular weight is 380 g/mol. The summed E-state index contributed by atoms with van der Waals surface area (Å²) in [5.74, 6) is 0. The summed E-state index contributed by atoms with van der Waals surface area (Å²) in [6.45, 7) is 8.05. The molecule has 0 atom stereocenters. The van der Waals surface area contributed by atoms with Crippen molar-refractivity contribution in [2.45, 2.75) is 39.5 Å². The highest BCUT2D eigenvalue weighted by Gasteiger charge is 2.12. The molecular formula is C28H29N. The number of hydrogen-bond donors (Lipinski definition) is 0. The molecule has 1 nitrogen and oxygen atoms in total. The molecule has 0 amide bonds. The SMILES string of the molecule is C=C/C=C/CCCCc1ccc(-n2c3cc(C)ccc3c3ccc(C)cc32)cc1. The van der Waals surface area contributed by atoms with Crippen molar-refractivity contribution in [3.63, 3.8) is 0 Å². The van der Waals surface area contributed by atoms with Gasteiger partial charge < -0.3 is 4.57 Å². The minimum absolute atomic E-state index is 1.13. The van der Waals surface area contributed by atoms with Crippen LogP contribution in [0.15, 0.2) is 85.5 Å². The lowest BCUT2D eigenvalue weighted by Crippen LogP contribution is -1.95. The molecule has 0 saturated carbocycles. The van der Waals surface area contributed by atoms with E-state index in [0.717, 1.165) is 12.8 Å². The first-order chi connectivity index (χ1) is 14.2. The van der Waals surface area contributed by atoms with E-state index in [1.165, 1.54) is 57.0 Å². The molecular weight excluding hydrogens is 350 g/mol. The molecule has 0 aliphatic heterocycles. The molecule has 0 unspecified atom stereocenters. The molecule has 1 heteroatoms. The Labute approximate surface area is 174 Å². The van der Waals surface area contributed by atoms with Crippen molar-refractivity contribution in [2.24, 2.45) is 0 Å². The molecule has 0 spiro atoms. The van der Waals surface area contributed by atoms with Gasteiger partial charge in [-0.1, -0.05) is 61.2 Å². The molecule has 29 heavy (non-hydrogen) atoms. The maximum absolute atomic E-state index is 3.71. The zero-order chi connectivity index (χ0) is 20.2. The molecule has 0 radical (unpaired) electrons. The first-order valence-corrected chi connectivity index (χ1v) is 10.6. The third kappa shape index (κ3) is 4.05. The minimum Gasteiger partial charge on any atom is -0.309 e. The quantitative estimate of drug-likeness (QED) is 0.227. The maximum Gasteiger partial charge on any atom is 0.0543 e. The zero-order valence-electron chi connectivity index (χ0n) is 17.5. The molecule has 0 bridgehead atoms. The summed E-state index contributed by atoms with van der Waals surface area (Å²) in [6.07, 6.45) is 10.8. The van der Waals surface area contributed by atoms with Crippen molar-refractivity contribution in [2.75, 3.05) is 0 Å². The molecule has 0 saturated heterocycles. The number of fused-ring (bicyclic) bond motifs is 3. The van der Waals surface area contributed by atoms with Crippen LogP contribution in [-0.2, 0) is 6.42 Å². The molecule has 1 aromatic heterocycles. The Morgan fingerprint density at radius 3 is 2.00 bits per heavy atom. The second-order valence-corrected chi connectivity index (χ2v) is 7.95. The summed E-state index contributed by atoms with van der Waals surface area (Å²) in [5.41, 5.74) is 7.80. The van der Waals surface area contributed by atoms with Gasteiger partial charge in [0.1, 0.15) is 0 Å². The molecule has 1 heterocycles. The Kier molecular flexibility index (Phi) is 5.67. The third-order valence-electron chi connectivity index (χ3n) is 5.63. The molecule has 4 rings (SSSR count). The number of hydrogen-bond acceptors (Lipinski definition) is 0. The van der Waals surface area contributed by atoms with Gasteiger partial charge in [-0.15, -0.1) is 0 Å². The van der Waals surface area contributed by atoms with Crippen LogP contribution < -0.4 is 0 Å². The molecule has 146 valence electrons. The third-order valence-corrected chi connectivity index (χ3v) is 5.63. The fraction of sp³-hybridized carbons (Fsp3) is 0.214. The van der Waals surface area contributed by atoms with E-state index in [-0.39, 0.29) is 0 Å². The predicted molar refractivity (Wildman–Crippen MR) is 127 cm³/mol. The topological polar surface area (TPSA) is 4.93 Å². The Morgan fingerprint density at radius 1 is 0.793 bits per heavy atom. The number of aryl methyl sites for hydroxylation is 3. The van der Waals surface area contributed by atoms with E-state index in [0.29, 0.717) is 0 Å². The summed E-state index contributed by atoms with van der Waals surface area (Å²) in [6, 6.07) is 22.7. The van der Waals surface area contributed by atoms with Crippen LogP contribution in [-0.4, -0.2) is 4.57 Å². The van der Waals surface area contributed by atoms with Crippen LogP contribution in [0.4, 0.5) is 0 Å². The highest BCUT2D eigenvalue weighted by atomic mass is 15.0. The Balaban J connectivity index is 1.65. The van der Waals surface area contributed by atoms with Gasteiger partial charge in [0.2, 0.25) is 0 Å². The van der Waals surface area contributed by atoms with Gasteiger partial charge in [-0.2, -0.15) is 0 Å². The van der Waals surface area contributed by atoms with Crippen LogP contribution in [0.2, 0.25) is 0 Å².